The molecule has 1 aliphatic heterocycles. The Kier molecular flexibility index (Phi) is 2.59. The summed E-state index contributed by atoms with van der Waals surface area (Å²) in [5, 5.41) is 19.0. The lowest BCUT2D eigenvalue weighted by Crippen LogP contribution is -2.14. The standard InChI is InChI=1S/C11H14O3/c12-9-1-2-11(13)10(7-9)8-3-5-14-6-4-8/h1-2,7-8,12-13H,3-6H2. The van der Waals surface area contributed by atoms with Crippen LogP contribution in [0.4, 0.5) is 0 Å². The molecule has 0 bridgehead atoms. The second-order valence-electron chi connectivity index (χ2n) is 3.63. The maximum atomic E-state index is 9.64. The molecule has 14 heavy (non-hydrogen) atoms. The number of benzene rings is 1. The zero-order valence-corrected chi connectivity index (χ0v) is 7.94. The van der Waals surface area contributed by atoms with Crippen LogP contribution in [0.5, 0.6) is 11.5 Å². The van der Waals surface area contributed by atoms with Crippen LogP contribution < -0.4 is 0 Å². The van der Waals surface area contributed by atoms with Crippen molar-refractivity contribution in [3.8, 4) is 11.5 Å². The molecule has 1 saturated heterocycles. The van der Waals surface area contributed by atoms with Gasteiger partial charge in [0.05, 0.1) is 0 Å². The van der Waals surface area contributed by atoms with Gasteiger partial charge < -0.3 is 14.9 Å². The molecule has 1 heterocycles. The van der Waals surface area contributed by atoms with Crippen molar-refractivity contribution in [2.75, 3.05) is 13.2 Å². The van der Waals surface area contributed by atoms with Crippen molar-refractivity contribution in [3.05, 3.63) is 23.8 Å². The summed E-state index contributed by atoms with van der Waals surface area (Å²) in [5.41, 5.74) is 0.841. The smallest absolute Gasteiger partial charge is 0.119 e. The number of rotatable bonds is 1. The summed E-state index contributed by atoms with van der Waals surface area (Å²) in [5.74, 6) is 0.801. The van der Waals surface area contributed by atoms with E-state index in [2.05, 4.69) is 0 Å². The average molecular weight is 194 g/mol. The molecule has 1 fully saturated rings. The van der Waals surface area contributed by atoms with Gasteiger partial charge in [-0.15, -0.1) is 0 Å². The molecular formula is C11H14O3. The molecule has 0 radical (unpaired) electrons. The van der Waals surface area contributed by atoms with Gasteiger partial charge >= 0.3 is 0 Å². The molecule has 0 aliphatic carbocycles. The minimum atomic E-state index is 0.212. The molecule has 0 aromatic heterocycles. The summed E-state index contributed by atoms with van der Waals surface area (Å²) in [4.78, 5) is 0. The summed E-state index contributed by atoms with van der Waals surface area (Å²) in [6, 6.07) is 4.68. The Morgan fingerprint density at radius 2 is 1.86 bits per heavy atom. The van der Waals surface area contributed by atoms with Gasteiger partial charge in [-0.25, -0.2) is 0 Å². The first-order chi connectivity index (χ1) is 6.77. The number of hydrogen-bond acceptors (Lipinski definition) is 3. The molecule has 3 nitrogen and oxygen atoms in total. The van der Waals surface area contributed by atoms with Crippen molar-refractivity contribution in [1.82, 2.24) is 0 Å². The van der Waals surface area contributed by atoms with Gasteiger partial charge in [0.1, 0.15) is 11.5 Å². The van der Waals surface area contributed by atoms with Crippen LogP contribution in [-0.2, 0) is 4.74 Å². The van der Waals surface area contributed by atoms with Crippen LogP contribution in [0.1, 0.15) is 24.3 Å². The van der Waals surface area contributed by atoms with E-state index in [0.29, 0.717) is 5.92 Å². The van der Waals surface area contributed by atoms with Gasteiger partial charge in [0.2, 0.25) is 0 Å². The number of phenols is 2. The maximum absolute atomic E-state index is 9.64. The largest absolute Gasteiger partial charge is 0.508 e. The highest BCUT2D eigenvalue weighted by atomic mass is 16.5. The van der Waals surface area contributed by atoms with Crippen LogP contribution in [0.3, 0.4) is 0 Å². The molecule has 0 unspecified atom stereocenters. The lowest BCUT2D eigenvalue weighted by molar-refractivity contribution is 0.0848. The van der Waals surface area contributed by atoms with Crippen molar-refractivity contribution in [2.45, 2.75) is 18.8 Å². The van der Waals surface area contributed by atoms with Crippen molar-refractivity contribution in [2.24, 2.45) is 0 Å². The van der Waals surface area contributed by atoms with Crippen LogP contribution in [0.25, 0.3) is 0 Å². The normalized spacial score (nSPS) is 18.3. The van der Waals surface area contributed by atoms with E-state index < -0.39 is 0 Å². The summed E-state index contributed by atoms with van der Waals surface area (Å²) in [6.45, 7) is 1.47. The van der Waals surface area contributed by atoms with Crippen LogP contribution in [0, 0.1) is 0 Å². The average Bonchev–Trinajstić information content (AvgIpc) is 2.23. The number of aromatic hydroxyl groups is 2. The fourth-order valence-electron chi connectivity index (χ4n) is 1.88. The minimum absolute atomic E-state index is 0.212. The second kappa shape index (κ2) is 3.88. The van der Waals surface area contributed by atoms with Crippen LogP contribution in [-0.4, -0.2) is 23.4 Å². The number of ether oxygens (including phenoxy) is 1. The van der Waals surface area contributed by atoms with Gasteiger partial charge in [0.25, 0.3) is 0 Å². The van der Waals surface area contributed by atoms with E-state index in [1.54, 1.807) is 12.1 Å². The molecule has 0 saturated carbocycles. The van der Waals surface area contributed by atoms with E-state index in [9.17, 15) is 10.2 Å². The molecule has 1 aliphatic rings. The highest BCUT2D eigenvalue weighted by Gasteiger charge is 2.19. The molecular weight excluding hydrogens is 180 g/mol. The summed E-state index contributed by atoms with van der Waals surface area (Å²) in [6.07, 6.45) is 1.83. The predicted molar refractivity (Wildman–Crippen MR) is 52.6 cm³/mol. The summed E-state index contributed by atoms with van der Waals surface area (Å²) < 4.78 is 5.25. The van der Waals surface area contributed by atoms with Gasteiger partial charge in [0, 0.05) is 18.8 Å². The molecule has 2 rings (SSSR count). The first-order valence-corrected chi connectivity index (χ1v) is 4.87. The van der Waals surface area contributed by atoms with E-state index in [0.717, 1.165) is 31.6 Å². The number of phenolic OH excluding ortho intramolecular Hbond substituents is 2. The Hall–Kier alpha value is -1.22. The van der Waals surface area contributed by atoms with E-state index >= 15 is 0 Å². The Bertz CT molecular complexity index is 316. The van der Waals surface area contributed by atoms with Gasteiger partial charge in [-0.05, 0) is 37.0 Å². The van der Waals surface area contributed by atoms with E-state index in [1.165, 1.54) is 6.07 Å². The molecule has 0 atom stereocenters. The Balaban J connectivity index is 2.24. The molecule has 76 valence electrons. The van der Waals surface area contributed by atoms with Crippen LogP contribution in [0.2, 0.25) is 0 Å². The van der Waals surface area contributed by atoms with E-state index in [4.69, 9.17) is 4.74 Å². The van der Waals surface area contributed by atoms with E-state index in [-0.39, 0.29) is 11.5 Å². The van der Waals surface area contributed by atoms with Gasteiger partial charge in [-0.1, -0.05) is 0 Å². The zero-order chi connectivity index (χ0) is 9.97. The molecule has 0 amide bonds. The predicted octanol–water partition coefficient (Wildman–Crippen LogP) is 1.99. The number of hydrogen-bond donors (Lipinski definition) is 2. The fourth-order valence-corrected chi connectivity index (χ4v) is 1.88. The highest BCUT2D eigenvalue weighted by molar-refractivity contribution is 5.41. The lowest BCUT2D eigenvalue weighted by atomic mass is 9.91. The summed E-state index contributed by atoms with van der Waals surface area (Å²) >= 11 is 0. The molecule has 1 aromatic rings. The third-order valence-electron chi connectivity index (χ3n) is 2.67. The lowest BCUT2D eigenvalue weighted by Gasteiger charge is -2.23. The van der Waals surface area contributed by atoms with Crippen LogP contribution in [0.15, 0.2) is 18.2 Å². The van der Waals surface area contributed by atoms with Gasteiger partial charge in [0.15, 0.2) is 0 Å². The van der Waals surface area contributed by atoms with Crippen molar-refractivity contribution in [1.29, 1.82) is 0 Å². The molecule has 0 spiro atoms. The topological polar surface area (TPSA) is 49.7 Å². The summed E-state index contributed by atoms with van der Waals surface area (Å²) in [7, 11) is 0. The highest BCUT2D eigenvalue weighted by Crippen LogP contribution is 2.34. The van der Waals surface area contributed by atoms with Crippen LogP contribution >= 0.6 is 0 Å². The minimum Gasteiger partial charge on any atom is -0.508 e. The SMILES string of the molecule is Oc1ccc(O)c(C2CCOCC2)c1. The Morgan fingerprint density at radius 3 is 2.57 bits per heavy atom. The van der Waals surface area contributed by atoms with Crippen molar-refractivity contribution >= 4 is 0 Å². The van der Waals surface area contributed by atoms with Crippen molar-refractivity contribution in [3.63, 3.8) is 0 Å². The molecule has 2 N–H and O–H groups in total. The Labute approximate surface area is 83.0 Å². The first-order valence-electron chi connectivity index (χ1n) is 4.87. The fraction of sp³-hybridized carbons (Fsp3) is 0.455. The zero-order valence-electron chi connectivity index (χ0n) is 7.94. The second-order valence-corrected chi connectivity index (χ2v) is 3.63. The van der Waals surface area contributed by atoms with Crippen molar-refractivity contribution < 1.29 is 14.9 Å². The third kappa shape index (κ3) is 1.82. The van der Waals surface area contributed by atoms with E-state index in [1.807, 2.05) is 0 Å². The monoisotopic (exact) mass is 194 g/mol. The first kappa shape index (κ1) is 9.34. The van der Waals surface area contributed by atoms with Gasteiger partial charge in [-0.3, -0.25) is 0 Å². The van der Waals surface area contributed by atoms with Gasteiger partial charge in [-0.2, -0.15) is 0 Å². The maximum Gasteiger partial charge on any atom is 0.119 e. The molecule has 3 heteroatoms. The Morgan fingerprint density at radius 1 is 1.14 bits per heavy atom. The quantitative estimate of drug-likeness (QED) is 0.672. The molecule has 1 aromatic carbocycles. The third-order valence-corrected chi connectivity index (χ3v) is 2.67.